The van der Waals surface area contributed by atoms with Crippen LogP contribution in [0.25, 0.3) is 6.08 Å². The second-order valence-electron chi connectivity index (χ2n) is 7.35. The molecule has 1 N–H and O–H groups in total. The van der Waals surface area contributed by atoms with E-state index in [1.54, 1.807) is 54.6 Å². The van der Waals surface area contributed by atoms with Gasteiger partial charge >= 0.3 is 0 Å². The molecular formula is C25H17BrCl2N2O4S. The number of carbonyl (C=O) groups excluding carboxylic acids is 2. The molecule has 3 aromatic rings. The van der Waals surface area contributed by atoms with E-state index >= 15 is 0 Å². The largest absolute Gasteiger partial charge is 0.493 e. The number of halogens is 3. The lowest BCUT2D eigenvalue weighted by atomic mass is 10.1. The average molecular weight is 592 g/mol. The molecule has 1 aliphatic rings. The first kappa shape index (κ1) is 25.2. The van der Waals surface area contributed by atoms with E-state index in [0.29, 0.717) is 37.3 Å². The minimum atomic E-state index is -0.583. The van der Waals surface area contributed by atoms with Crippen molar-refractivity contribution in [1.82, 2.24) is 5.32 Å². The number of thiocarbonyl (C=S) groups is 1. The molecule has 2 amide bonds. The molecule has 0 unspecified atom stereocenters. The molecule has 6 nitrogen and oxygen atoms in total. The van der Waals surface area contributed by atoms with Gasteiger partial charge < -0.3 is 9.47 Å². The van der Waals surface area contributed by atoms with Gasteiger partial charge in [0.15, 0.2) is 16.6 Å². The minimum Gasteiger partial charge on any atom is -0.493 e. The summed E-state index contributed by atoms with van der Waals surface area (Å²) in [4.78, 5) is 27.1. The summed E-state index contributed by atoms with van der Waals surface area (Å²) in [6.45, 7) is 0.176. The maximum atomic E-state index is 13.2. The molecule has 10 heteroatoms. The Bertz CT molecular complexity index is 1370. The Kier molecular flexibility index (Phi) is 7.76. The van der Waals surface area contributed by atoms with Crippen LogP contribution in [-0.2, 0) is 16.2 Å². The molecule has 0 bridgehead atoms. The lowest BCUT2D eigenvalue weighted by Crippen LogP contribution is -2.54. The van der Waals surface area contributed by atoms with Gasteiger partial charge in [0, 0.05) is 15.6 Å². The van der Waals surface area contributed by atoms with Crippen LogP contribution in [0.5, 0.6) is 11.5 Å². The third-order valence-electron chi connectivity index (χ3n) is 5.07. The fraction of sp³-hybridized carbons (Fsp3) is 0.0800. The van der Waals surface area contributed by atoms with Crippen LogP contribution < -0.4 is 19.7 Å². The van der Waals surface area contributed by atoms with Gasteiger partial charge in [0.2, 0.25) is 0 Å². The number of rotatable bonds is 6. The lowest BCUT2D eigenvalue weighted by Gasteiger charge is -2.28. The predicted molar refractivity (Wildman–Crippen MR) is 144 cm³/mol. The normalized spacial score (nSPS) is 14.8. The van der Waals surface area contributed by atoms with E-state index in [2.05, 4.69) is 21.2 Å². The SMILES string of the molecule is COc1cc(/C=C2/C(=O)NC(=S)N(c3ccccc3)C2=O)cc(Br)c1OCc1ccc(Cl)cc1Cl. The molecule has 0 aliphatic carbocycles. The summed E-state index contributed by atoms with van der Waals surface area (Å²) >= 11 is 20.9. The summed E-state index contributed by atoms with van der Waals surface area (Å²) in [5.41, 5.74) is 1.78. The van der Waals surface area contributed by atoms with Crippen LogP contribution >= 0.6 is 51.3 Å². The lowest BCUT2D eigenvalue weighted by molar-refractivity contribution is -0.122. The maximum absolute atomic E-state index is 13.2. The fourth-order valence-electron chi connectivity index (χ4n) is 3.39. The molecule has 0 saturated carbocycles. The van der Waals surface area contributed by atoms with Crippen molar-refractivity contribution in [2.45, 2.75) is 6.61 Å². The summed E-state index contributed by atoms with van der Waals surface area (Å²) in [5.74, 6) is -0.277. The van der Waals surface area contributed by atoms with Crippen molar-refractivity contribution in [3.63, 3.8) is 0 Å². The highest BCUT2D eigenvalue weighted by Crippen LogP contribution is 2.38. The maximum Gasteiger partial charge on any atom is 0.270 e. The third-order valence-corrected chi connectivity index (χ3v) is 6.53. The molecule has 0 radical (unpaired) electrons. The quantitative estimate of drug-likeness (QED) is 0.211. The first-order valence-electron chi connectivity index (χ1n) is 10.2. The fourth-order valence-corrected chi connectivity index (χ4v) is 4.71. The molecule has 0 spiro atoms. The van der Waals surface area contributed by atoms with Gasteiger partial charge in [-0.05, 0) is 76.2 Å². The second kappa shape index (κ2) is 10.8. The van der Waals surface area contributed by atoms with Crippen molar-refractivity contribution >= 4 is 80.0 Å². The zero-order chi connectivity index (χ0) is 25.1. The van der Waals surface area contributed by atoms with Crippen molar-refractivity contribution in [1.29, 1.82) is 0 Å². The van der Waals surface area contributed by atoms with E-state index in [9.17, 15) is 9.59 Å². The van der Waals surface area contributed by atoms with Crippen LogP contribution in [0.1, 0.15) is 11.1 Å². The Hall–Kier alpha value is -2.91. The van der Waals surface area contributed by atoms with Gasteiger partial charge in [-0.3, -0.25) is 19.8 Å². The van der Waals surface area contributed by atoms with Crippen molar-refractivity contribution in [2.24, 2.45) is 0 Å². The van der Waals surface area contributed by atoms with Gasteiger partial charge in [-0.2, -0.15) is 0 Å². The van der Waals surface area contributed by atoms with E-state index in [1.807, 2.05) is 6.07 Å². The molecule has 0 aromatic heterocycles. The van der Waals surface area contributed by atoms with E-state index < -0.39 is 11.8 Å². The van der Waals surface area contributed by atoms with Crippen LogP contribution in [0.3, 0.4) is 0 Å². The van der Waals surface area contributed by atoms with Gasteiger partial charge in [-0.15, -0.1) is 0 Å². The summed E-state index contributed by atoms with van der Waals surface area (Å²) in [7, 11) is 1.49. The van der Waals surface area contributed by atoms with Crippen molar-refractivity contribution in [3.8, 4) is 11.5 Å². The molecule has 1 fully saturated rings. The third kappa shape index (κ3) is 5.51. The van der Waals surface area contributed by atoms with Crippen LogP contribution in [0.4, 0.5) is 5.69 Å². The number of methoxy groups -OCH3 is 1. The Balaban J connectivity index is 1.64. The number of ether oxygens (including phenoxy) is 2. The molecule has 4 rings (SSSR count). The van der Waals surface area contributed by atoms with Gasteiger partial charge in [0.25, 0.3) is 11.8 Å². The Labute approximate surface area is 225 Å². The van der Waals surface area contributed by atoms with Crippen LogP contribution in [-0.4, -0.2) is 24.0 Å². The van der Waals surface area contributed by atoms with E-state index in [4.69, 9.17) is 44.9 Å². The molecule has 1 heterocycles. The number of benzene rings is 3. The minimum absolute atomic E-state index is 0.0201. The molecule has 0 atom stereocenters. The summed E-state index contributed by atoms with van der Waals surface area (Å²) in [5, 5.41) is 3.60. The van der Waals surface area contributed by atoms with Crippen molar-refractivity contribution in [2.75, 3.05) is 12.0 Å². The smallest absolute Gasteiger partial charge is 0.270 e. The zero-order valence-corrected chi connectivity index (χ0v) is 22.1. The topological polar surface area (TPSA) is 67.9 Å². The number of hydrogen-bond acceptors (Lipinski definition) is 5. The van der Waals surface area contributed by atoms with Gasteiger partial charge in [-0.1, -0.05) is 47.5 Å². The Morgan fingerprint density at radius 2 is 1.83 bits per heavy atom. The van der Waals surface area contributed by atoms with E-state index in [1.165, 1.54) is 18.1 Å². The van der Waals surface area contributed by atoms with Crippen molar-refractivity contribution in [3.05, 3.63) is 91.9 Å². The van der Waals surface area contributed by atoms with E-state index in [0.717, 1.165) is 5.56 Å². The van der Waals surface area contributed by atoms with Gasteiger partial charge in [0.1, 0.15) is 12.2 Å². The number of anilines is 1. The average Bonchev–Trinajstić information content (AvgIpc) is 2.82. The Morgan fingerprint density at radius 1 is 1.09 bits per heavy atom. The van der Waals surface area contributed by atoms with Crippen LogP contribution in [0.2, 0.25) is 10.0 Å². The summed E-state index contributed by atoms with van der Waals surface area (Å²) in [6.07, 6.45) is 1.47. The first-order valence-corrected chi connectivity index (χ1v) is 12.1. The predicted octanol–water partition coefficient (Wildman–Crippen LogP) is 6.17. The standard InChI is InChI=1S/C25H17BrCl2N2O4S/c1-33-21-11-14(10-19(26)22(21)34-13-15-7-8-16(27)12-20(15)28)9-18-23(31)29-25(35)30(24(18)32)17-5-3-2-4-6-17/h2-12H,13H2,1H3,(H,29,31,35)/b18-9-. The Morgan fingerprint density at radius 3 is 2.51 bits per heavy atom. The molecule has 3 aromatic carbocycles. The molecule has 178 valence electrons. The number of carbonyl (C=O) groups is 2. The highest BCUT2D eigenvalue weighted by atomic mass is 79.9. The number of para-hydroxylation sites is 1. The second-order valence-corrected chi connectivity index (χ2v) is 9.44. The number of nitrogens with one attached hydrogen (secondary N) is 1. The van der Waals surface area contributed by atoms with Crippen LogP contribution in [0, 0.1) is 0 Å². The summed E-state index contributed by atoms with van der Waals surface area (Å²) < 4.78 is 12.0. The van der Waals surface area contributed by atoms with Crippen molar-refractivity contribution < 1.29 is 19.1 Å². The number of nitrogens with zero attached hydrogens (tertiary/aromatic N) is 1. The number of hydrogen-bond donors (Lipinski definition) is 1. The number of amides is 2. The summed E-state index contributed by atoms with van der Waals surface area (Å²) in [6, 6.07) is 17.4. The van der Waals surface area contributed by atoms with Gasteiger partial charge in [-0.25, -0.2) is 0 Å². The molecular weight excluding hydrogens is 575 g/mol. The highest BCUT2D eigenvalue weighted by Gasteiger charge is 2.34. The van der Waals surface area contributed by atoms with Gasteiger partial charge in [0.05, 0.1) is 17.3 Å². The van der Waals surface area contributed by atoms with Crippen LogP contribution in [0.15, 0.2) is 70.7 Å². The monoisotopic (exact) mass is 590 g/mol. The molecule has 35 heavy (non-hydrogen) atoms. The highest BCUT2D eigenvalue weighted by molar-refractivity contribution is 9.10. The molecule has 1 saturated heterocycles. The van der Waals surface area contributed by atoms with E-state index in [-0.39, 0.29) is 17.3 Å². The zero-order valence-electron chi connectivity index (χ0n) is 18.2. The molecule has 1 aliphatic heterocycles. The first-order chi connectivity index (χ1) is 16.8.